The maximum atomic E-state index is 13.4. The maximum absolute atomic E-state index is 13.4. The van der Waals surface area contributed by atoms with Gasteiger partial charge in [-0.15, -0.1) is 0 Å². The van der Waals surface area contributed by atoms with E-state index in [0.29, 0.717) is 24.8 Å². The Morgan fingerprint density at radius 3 is 2.81 bits per heavy atom. The van der Waals surface area contributed by atoms with Crippen LogP contribution in [-0.4, -0.2) is 57.1 Å². The first-order chi connectivity index (χ1) is 14.8. The van der Waals surface area contributed by atoms with Gasteiger partial charge < -0.3 is 19.1 Å². The standard InChI is InChI=1S/C23H26N4O4/c1-13-5-6-16(9-14(13)2)10-27-12-23-8-7-17(30-23)19(20(23)22(27)29)21(28)26(4)11-18-24-15(3)31-25-18/h5-9,17,19-20H,10-12H2,1-4H3/t17-,19?,20?,23-/m0/s1. The third kappa shape index (κ3) is 3.17. The van der Waals surface area contributed by atoms with Crippen LogP contribution in [0.2, 0.25) is 0 Å². The quantitative estimate of drug-likeness (QED) is 0.684. The predicted octanol–water partition coefficient (Wildman–Crippen LogP) is 1.94. The van der Waals surface area contributed by atoms with Gasteiger partial charge >= 0.3 is 0 Å². The third-order valence-corrected chi connectivity index (χ3v) is 6.73. The van der Waals surface area contributed by atoms with Gasteiger partial charge in [-0.05, 0) is 30.5 Å². The molecule has 0 N–H and O–H groups in total. The second-order valence-corrected chi connectivity index (χ2v) is 8.94. The molecule has 2 bridgehead atoms. The van der Waals surface area contributed by atoms with E-state index in [-0.39, 0.29) is 24.5 Å². The minimum Gasteiger partial charge on any atom is -0.360 e. The van der Waals surface area contributed by atoms with Gasteiger partial charge in [0.1, 0.15) is 5.60 Å². The summed E-state index contributed by atoms with van der Waals surface area (Å²) in [6.45, 7) is 7.05. The van der Waals surface area contributed by atoms with Crippen molar-refractivity contribution in [1.29, 1.82) is 0 Å². The van der Waals surface area contributed by atoms with Crippen molar-refractivity contribution in [2.45, 2.75) is 45.6 Å². The number of likely N-dealkylation sites (tertiary alicyclic amines) is 1. The molecule has 2 amide bonds. The Balaban J connectivity index is 1.35. The SMILES string of the molecule is Cc1nc(CN(C)C(=O)C2C3C(=O)N(Cc4ccc(C)c(C)c4)C[C@@]34C=C[C@@H]2O4)no1. The highest BCUT2D eigenvalue weighted by Gasteiger charge is 2.67. The minimum absolute atomic E-state index is 0.0211. The highest BCUT2D eigenvalue weighted by molar-refractivity contribution is 5.93. The zero-order valence-corrected chi connectivity index (χ0v) is 18.2. The van der Waals surface area contributed by atoms with E-state index < -0.39 is 17.4 Å². The molecule has 8 heteroatoms. The van der Waals surface area contributed by atoms with Crippen molar-refractivity contribution in [2.75, 3.05) is 13.6 Å². The van der Waals surface area contributed by atoms with Crippen molar-refractivity contribution in [1.82, 2.24) is 19.9 Å². The molecular weight excluding hydrogens is 396 g/mol. The summed E-state index contributed by atoms with van der Waals surface area (Å²) in [5, 5.41) is 3.86. The summed E-state index contributed by atoms with van der Waals surface area (Å²) in [5.74, 6) is -0.306. The fraction of sp³-hybridized carbons (Fsp3) is 0.478. The van der Waals surface area contributed by atoms with Crippen LogP contribution in [0.3, 0.4) is 0 Å². The second-order valence-electron chi connectivity index (χ2n) is 8.94. The summed E-state index contributed by atoms with van der Waals surface area (Å²) < 4.78 is 11.2. The average molecular weight is 422 g/mol. The first-order valence-electron chi connectivity index (χ1n) is 10.5. The van der Waals surface area contributed by atoms with Gasteiger partial charge in [0.25, 0.3) is 0 Å². The predicted molar refractivity (Wildman–Crippen MR) is 111 cm³/mol. The molecule has 3 aliphatic rings. The molecule has 1 aromatic heterocycles. The fourth-order valence-electron chi connectivity index (χ4n) is 5.07. The van der Waals surface area contributed by atoms with Crippen molar-refractivity contribution in [3.05, 3.63) is 58.8 Å². The summed E-state index contributed by atoms with van der Waals surface area (Å²) in [5.41, 5.74) is 2.79. The minimum atomic E-state index is -0.717. The molecule has 2 saturated heterocycles. The van der Waals surface area contributed by atoms with Gasteiger partial charge in [-0.3, -0.25) is 9.59 Å². The van der Waals surface area contributed by atoms with E-state index in [1.807, 2.05) is 17.1 Å². The number of amides is 2. The van der Waals surface area contributed by atoms with Crippen LogP contribution in [-0.2, 0) is 27.4 Å². The van der Waals surface area contributed by atoms with Crippen molar-refractivity contribution in [3.63, 3.8) is 0 Å². The summed E-state index contributed by atoms with van der Waals surface area (Å²) in [7, 11) is 1.70. The Bertz CT molecular complexity index is 1090. The van der Waals surface area contributed by atoms with Gasteiger partial charge in [-0.2, -0.15) is 4.98 Å². The molecule has 31 heavy (non-hydrogen) atoms. The number of hydrogen-bond acceptors (Lipinski definition) is 6. The topological polar surface area (TPSA) is 88.8 Å². The lowest BCUT2D eigenvalue weighted by Gasteiger charge is -2.27. The van der Waals surface area contributed by atoms with Gasteiger partial charge in [0.15, 0.2) is 5.82 Å². The smallest absolute Gasteiger partial charge is 0.230 e. The van der Waals surface area contributed by atoms with Gasteiger partial charge in [0, 0.05) is 20.5 Å². The van der Waals surface area contributed by atoms with E-state index in [9.17, 15) is 9.59 Å². The zero-order valence-electron chi connectivity index (χ0n) is 18.2. The molecule has 0 aliphatic carbocycles. The number of carbonyl (C=O) groups is 2. The van der Waals surface area contributed by atoms with E-state index in [2.05, 4.69) is 42.2 Å². The summed E-state index contributed by atoms with van der Waals surface area (Å²) >= 11 is 0. The van der Waals surface area contributed by atoms with Crippen molar-refractivity contribution in [3.8, 4) is 0 Å². The van der Waals surface area contributed by atoms with E-state index in [1.54, 1.807) is 18.9 Å². The molecule has 5 rings (SSSR count). The van der Waals surface area contributed by atoms with E-state index >= 15 is 0 Å². The molecule has 0 saturated carbocycles. The molecule has 162 valence electrons. The summed E-state index contributed by atoms with van der Waals surface area (Å²) in [6, 6.07) is 6.25. The molecule has 4 atom stereocenters. The zero-order chi connectivity index (χ0) is 21.9. The van der Waals surface area contributed by atoms with Crippen LogP contribution in [0.1, 0.15) is 28.4 Å². The highest BCUT2D eigenvalue weighted by atomic mass is 16.5. The van der Waals surface area contributed by atoms with Gasteiger partial charge in [0.05, 0.1) is 31.0 Å². The summed E-state index contributed by atoms with van der Waals surface area (Å²) in [6.07, 6.45) is 3.53. The third-order valence-electron chi connectivity index (χ3n) is 6.73. The van der Waals surface area contributed by atoms with Crippen LogP contribution >= 0.6 is 0 Å². The lowest BCUT2D eigenvalue weighted by Crippen LogP contribution is -2.44. The molecule has 2 unspecified atom stereocenters. The van der Waals surface area contributed by atoms with Crippen LogP contribution in [0.4, 0.5) is 0 Å². The molecule has 3 aliphatic heterocycles. The number of nitrogens with zero attached hydrogens (tertiary/aromatic N) is 4. The molecular formula is C23H26N4O4. The normalized spacial score (nSPS) is 28.5. The number of aryl methyl sites for hydroxylation is 3. The van der Waals surface area contributed by atoms with Crippen LogP contribution < -0.4 is 0 Å². The molecule has 4 heterocycles. The van der Waals surface area contributed by atoms with E-state index in [1.165, 1.54) is 11.1 Å². The Morgan fingerprint density at radius 2 is 2.10 bits per heavy atom. The first-order valence-corrected chi connectivity index (χ1v) is 10.5. The van der Waals surface area contributed by atoms with Crippen molar-refractivity contribution >= 4 is 11.8 Å². The van der Waals surface area contributed by atoms with Crippen LogP contribution in [0.25, 0.3) is 0 Å². The molecule has 1 spiro atoms. The molecule has 8 nitrogen and oxygen atoms in total. The monoisotopic (exact) mass is 422 g/mol. The lowest BCUT2D eigenvalue weighted by atomic mass is 9.76. The lowest BCUT2D eigenvalue weighted by molar-refractivity contribution is -0.143. The van der Waals surface area contributed by atoms with E-state index in [4.69, 9.17) is 9.26 Å². The number of hydrogen-bond donors (Lipinski definition) is 0. The average Bonchev–Trinajstić information content (AvgIpc) is 3.46. The molecule has 2 fully saturated rings. The van der Waals surface area contributed by atoms with Gasteiger partial charge in [-0.1, -0.05) is 35.5 Å². The van der Waals surface area contributed by atoms with Crippen LogP contribution in [0.5, 0.6) is 0 Å². The molecule has 2 aromatic rings. The number of rotatable bonds is 5. The number of carbonyl (C=O) groups excluding carboxylic acids is 2. The Labute approximate surface area is 180 Å². The van der Waals surface area contributed by atoms with Crippen LogP contribution in [0.15, 0.2) is 34.9 Å². The van der Waals surface area contributed by atoms with Crippen molar-refractivity contribution in [2.24, 2.45) is 11.8 Å². The molecule has 1 aromatic carbocycles. The summed E-state index contributed by atoms with van der Waals surface area (Å²) in [4.78, 5) is 34.3. The van der Waals surface area contributed by atoms with Crippen LogP contribution in [0, 0.1) is 32.6 Å². The number of fused-ring (bicyclic) bond motifs is 1. The first kappa shape index (κ1) is 19.9. The number of ether oxygens (including phenoxy) is 1. The van der Waals surface area contributed by atoms with Gasteiger partial charge in [0.2, 0.25) is 17.7 Å². The maximum Gasteiger partial charge on any atom is 0.230 e. The van der Waals surface area contributed by atoms with Crippen molar-refractivity contribution < 1.29 is 18.8 Å². The van der Waals surface area contributed by atoms with Gasteiger partial charge in [-0.25, -0.2) is 0 Å². The Hall–Kier alpha value is -3.00. The Kier molecular flexibility index (Phi) is 4.51. The number of benzene rings is 1. The largest absolute Gasteiger partial charge is 0.360 e. The second kappa shape index (κ2) is 7.02. The fourth-order valence-corrected chi connectivity index (χ4v) is 5.07. The highest BCUT2D eigenvalue weighted by Crippen LogP contribution is 2.52. The number of aromatic nitrogens is 2. The van der Waals surface area contributed by atoms with E-state index in [0.717, 1.165) is 5.56 Å². The molecule has 0 radical (unpaired) electrons. The Morgan fingerprint density at radius 1 is 1.29 bits per heavy atom.